The lowest BCUT2D eigenvalue weighted by molar-refractivity contribution is 0.0168. The summed E-state index contributed by atoms with van der Waals surface area (Å²) in [5.74, 6) is 0.797. The summed E-state index contributed by atoms with van der Waals surface area (Å²) in [5.41, 5.74) is 2.24. The molecule has 28 heavy (non-hydrogen) atoms. The van der Waals surface area contributed by atoms with E-state index >= 15 is 0 Å². The highest BCUT2D eigenvalue weighted by Crippen LogP contribution is 2.12. The zero-order valence-electron chi connectivity index (χ0n) is 16.3. The molecule has 1 aromatic heterocycles. The lowest BCUT2D eigenvalue weighted by Gasteiger charge is -2.13. The SMILES string of the molecule is CN=C(NCCCOCC1CCCO1)NCc1ccc(-n2cccn2)cc1.I. The first-order valence-corrected chi connectivity index (χ1v) is 9.58. The number of halogens is 1. The third kappa shape index (κ3) is 7.40. The van der Waals surface area contributed by atoms with Crippen molar-refractivity contribution in [3.05, 3.63) is 48.3 Å². The van der Waals surface area contributed by atoms with Crippen molar-refractivity contribution < 1.29 is 9.47 Å². The topological polar surface area (TPSA) is 72.7 Å². The minimum atomic E-state index is 0. The smallest absolute Gasteiger partial charge is 0.191 e. The van der Waals surface area contributed by atoms with Crippen LogP contribution in [0.1, 0.15) is 24.8 Å². The van der Waals surface area contributed by atoms with Crippen LogP contribution in [0.4, 0.5) is 0 Å². The van der Waals surface area contributed by atoms with Gasteiger partial charge in [-0.1, -0.05) is 12.1 Å². The molecule has 0 saturated carbocycles. The van der Waals surface area contributed by atoms with Gasteiger partial charge in [0.15, 0.2) is 5.96 Å². The first-order chi connectivity index (χ1) is 13.3. The molecule has 1 saturated heterocycles. The van der Waals surface area contributed by atoms with Crippen molar-refractivity contribution in [2.75, 3.05) is 33.4 Å². The number of ether oxygens (including phenoxy) is 2. The lowest BCUT2D eigenvalue weighted by Crippen LogP contribution is -2.37. The zero-order chi connectivity index (χ0) is 18.7. The average Bonchev–Trinajstić information content (AvgIpc) is 3.41. The fourth-order valence-corrected chi connectivity index (χ4v) is 2.97. The van der Waals surface area contributed by atoms with E-state index in [1.807, 2.05) is 16.9 Å². The minimum absolute atomic E-state index is 0. The van der Waals surface area contributed by atoms with Gasteiger partial charge in [-0.3, -0.25) is 4.99 Å². The average molecular weight is 499 g/mol. The Morgan fingerprint density at radius 1 is 1.32 bits per heavy atom. The highest BCUT2D eigenvalue weighted by Gasteiger charge is 2.14. The first kappa shape index (κ1) is 22.6. The molecular formula is C20H30IN5O2. The maximum Gasteiger partial charge on any atom is 0.191 e. The molecule has 1 aliphatic rings. The van der Waals surface area contributed by atoms with Gasteiger partial charge in [-0.25, -0.2) is 4.68 Å². The molecule has 1 aromatic carbocycles. The lowest BCUT2D eigenvalue weighted by atomic mass is 10.2. The minimum Gasteiger partial charge on any atom is -0.379 e. The molecular weight excluding hydrogens is 469 g/mol. The van der Waals surface area contributed by atoms with Crippen LogP contribution in [0.5, 0.6) is 0 Å². The highest BCUT2D eigenvalue weighted by atomic mass is 127. The molecule has 1 fully saturated rings. The molecule has 2 N–H and O–H groups in total. The number of guanidine groups is 1. The van der Waals surface area contributed by atoms with Crippen molar-refractivity contribution in [2.45, 2.75) is 31.9 Å². The predicted octanol–water partition coefficient (Wildman–Crippen LogP) is 2.74. The van der Waals surface area contributed by atoms with Crippen molar-refractivity contribution >= 4 is 29.9 Å². The number of aromatic nitrogens is 2. The summed E-state index contributed by atoms with van der Waals surface area (Å²) in [6, 6.07) is 10.2. The van der Waals surface area contributed by atoms with Crippen molar-refractivity contribution in [1.29, 1.82) is 0 Å². The van der Waals surface area contributed by atoms with Gasteiger partial charge in [0.2, 0.25) is 0 Å². The second-order valence-corrected chi connectivity index (χ2v) is 6.53. The Hall–Kier alpha value is -1.65. The van der Waals surface area contributed by atoms with Gasteiger partial charge in [0.1, 0.15) is 0 Å². The largest absolute Gasteiger partial charge is 0.379 e. The molecule has 7 nitrogen and oxygen atoms in total. The van der Waals surface area contributed by atoms with E-state index in [1.54, 1.807) is 13.2 Å². The summed E-state index contributed by atoms with van der Waals surface area (Å²) in [6.45, 7) is 3.86. The van der Waals surface area contributed by atoms with Crippen LogP contribution < -0.4 is 10.6 Å². The van der Waals surface area contributed by atoms with Crippen LogP contribution in [-0.2, 0) is 16.0 Å². The number of hydrogen-bond acceptors (Lipinski definition) is 4. The third-order valence-electron chi connectivity index (χ3n) is 4.47. The summed E-state index contributed by atoms with van der Waals surface area (Å²) < 4.78 is 13.1. The molecule has 1 aliphatic heterocycles. The van der Waals surface area contributed by atoms with E-state index in [0.29, 0.717) is 19.3 Å². The summed E-state index contributed by atoms with van der Waals surface area (Å²) >= 11 is 0. The van der Waals surface area contributed by atoms with E-state index in [1.165, 1.54) is 5.56 Å². The van der Waals surface area contributed by atoms with Crippen LogP contribution >= 0.6 is 24.0 Å². The quantitative estimate of drug-likeness (QED) is 0.240. The van der Waals surface area contributed by atoms with Crippen molar-refractivity contribution in [3.63, 3.8) is 0 Å². The van der Waals surface area contributed by atoms with Gasteiger partial charge in [-0.2, -0.15) is 5.10 Å². The van der Waals surface area contributed by atoms with E-state index in [2.05, 4.69) is 45.0 Å². The van der Waals surface area contributed by atoms with E-state index in [0.717, 1.165) is 50.7 Å². The molecule has 0 bridgehead atoms. The van der Waals surface area contributed by atoms with E-state index in [4.69, 9.17) is 9.47 Å². The number of aliphatic imine (C=N–C) groups is 1. The summed E-state index contributed by atoms with van der Waals surface area (Å²) in [4.78, 5) is 4.26. The Bertz CT molecular complexity index is 685. The maximum absolute atomic E-state index is 5.67. The molecule has 2 heterocycles. The van der Waals surface area contributed by atoms with E-state index in [9.17, 15) is 0 Å². The number of rotatable bonds is 9. The van der Waals surface area contributed by atoms with Crippen LogP contribution in [0.25, 0.3) is 5.69 Å². The molecule has 0 spiro atoms. The number of hydrogen-bond donors (Lipinski definition) is 2. The number of benzene rings is 1. The maximum atomic E-state index is 5.67. The predicted molar refractivity (Wildman–Crippen MR) is 122 cm³/mol. The molecule has 154 valence electrons. The Balaban J connectivity index is 0.00000280. The second-order valence-electron chi connectivity index (χ2n) is 6.53. The molecule has 1 atom stereocenters. The van der Waals surface area contributed by atoms with Gasteiger partial charge in [0.25, 0.3) is 0 Å². The van der Waals surface area contributed by atoms with Crippen molar-refractivity contribution in [2.24, 2.45) is 4.99 Å². The molecule has 2 aromatic rings. The molecule has 0 amide bonds. The van der Waals surface area contributed by atoms with Gasteiger partial charge in [-0.15, -0.1) is 24.0 Å². The Labute approximate surface area is 183 Å². The van der Waals surface area contributed by atoms with Crippen LogP contribution in [0.15, 0.2) is 47.7 Å². The van der Waals surface area contributed by atoms with Crippen LogP contribution in [0, 0.1) is 0 Å². The Kier molecular flexibility index (Phi) is 10.3. The number of nitrogens with zero attached hydrogens (tertiary/aromatic N) is 3. The zero-order valence-corrected chi connectivity index (χ0v) is 18.7. The molecule has 1 unspecified atom stereocenters. The van der Waals surface area contributed by atoms with E-state index in [-0.39, 0.29) is 24.0 Å². The fraction of sp³-hybridized carbons (Fsp3) is 0.500. The Morgan fingerprint density at radius 2 is 2.18 bits per heavy atom. The molecule has 0 radical (unpaired) electrons. The second kappa shape index (κ2) is 12.7. The monoisotopic (exact) mass is 499 g/mol. The fourth-order valence-electron chi connectivity index (χ4n) is 2.97. The van der Waals surface area contributed by atoms with Gasteiger partial charge in [0.05, 0.1) is 18.4 Å². The molecule has 3 rings (SSSR count). The molecule has 8 heteroatoms. The van der Waals surface area contributed by atoms with Gasteiger partial charge in [0, 0.05) is 45.7 Å². The van der Waals surface area contributed by atoms with Gasteiger partial charge < -0.3 is 20.1 Å². The first-order valence-electron chi connectivity index (χ1n) is 9.58. The Morgan fingerprint density at radius 3 is 2.86 bits per heavy atom. The standard InChI is InChI=1S/C20H29N5O2.HI/c1-21-20(22-10-4-13-26-16-19-5-2-14-27-19)23-15-17-6-8-18(9-7-17)25-12-3-11-24-25;/h3,6-9,11-12,19H,2,4-5,10,13-16H2,1H3,(H2,21,22,23);1H. The number of nitrogens with one attached hydrogen (secondary N) is 2. The van der Waals surface area contributed by atoms with Crippen molar-refractivity contribution in [1.82, 2.24) is 20.4 Å². The van der Waals surface area contributed by atoms with Crippen molar-refractivity contribution in [3.8, 4) is 5.69 Å². The van der Waals surface area contributed by atoms with E-state index < -0.39 is 0 Å². The molecule has 0 aliphatic carbocycles. The summed E-state index contributed by atoms with van der Waals surface area (Å²) in [6.07, 6.45) is 7.22. The summed E-state index contributed by atoms with van der Waals surface area (Å²) in [5, 5.41) is 10.9. The van der Waals surface area contributed by atoms with Crippen LogP contribution in [-0.4, -0.2) is 55.3 Å². The summed E-state index contributed by atoms with van der Waals surface area (Å²) in [7, 11) is 1.78. The highest BCUT2D eigenvalue weighted by molar-refractivity contribution is 14.0. The van der Waals surface area contributed by atoms with Gasteiger partial charge >= 0.3 is 0 Å². The normalized spacial score (nSPS) is 16.6. The van der Waals surface area contributed by atoms with Crippen LogP contribution in [0.3, 0.4) is 0 Å². The van der Waals surface area contributed by atoms with Gasteiger partial charge in [-0.05, 0) is 43.0 Å². The third-order valence-corrected chi connectivity index (χ3v) is 4.47. The van der Waals surface area contributed by atoms with Crippen LogP contribution in [0.2, 0.25) is 0 Å².